The zero-order valence-corrected chi connectivity index (χ0v) is 11.8. The van der Waals surface area contributed by atoms with Gasteiger partial charge in [0.2, 0.25) is 0 Å². The highest BCUT2D eigenvalue weighted by molar-refractivity contribution is 5.29. The van der Waals surface area contributed by atoms with Crippen LogP contribution in [0, 0.1) is 11.7 Å². The zero-order chi connectivity index (χ0) is 13.5. The Kier molecular flexibility index (Phi) is 6.13. The molecular weight excluding hydrogens is 229 g/mol. The Morgan fingerprint density at radius 1 is 1.22 bits per heavy atom. The number of benzene rings is 1. The molecule has 18 heavy (non-hydrogen) atoms. The van der Waals surface area contributed by atoms with Gasteiger partial charge in [-0.05, 0) is 30.0 Å². The van der Waals surface area contributed by atoms with Crippen LogP contribution in [0.25, 0.3) is 0 Å². The minimum atomic E-state index is -0.276. The molecule has 0 bridgehead atoms. The first-order valence-electron chi connectivity index (χ1n) is 6.63. The van der Waals surface area contributed by atoms with Gasteiger partial charge in [-0.3, -0.25) is 0 Å². The van der Waals surface area contributed by atoms with Crippen LogP contribution in [0.3, 0.4) is 0 Å². The van der Waals surface area contributed by atoms with Crippen molar-refractivity contribution in [1.29, 1.82) is 0 Å². The van der Waals surface area contributed by atoms with Crippen LogP contribution >= 0.6 is 0 Å². The number of nitrogens with one attached hydrogen (secondary N) is 1. The molecule has 0 heterocycles. The Morgan fingerprint density at radius 2 is 1.94 bits per heavy atom. The van der Waals surface area contributed by atoms with E-state index in [1.807, 2.05) is 6.07 Å². The third-order valence-electron chi connectivity index (χ3n) is 2.66. The molecule has 0 amide bonds. The molecule has 0 fully saturated rings. The maximum Gasteiger partial charge on any atom is 0.165 e. The minimum Gasteiger partial charge on any atom is -0.491 e. The number of halogens is 1. The van der Waals surface area contributed by atoms with Crippen LogP contribution < -0.4 is 10.1 Å². The van der Waals surface area contributed by atoms with E-state index >= 15 is 0 Å². The largest absolute Gasteiger partial charge is 0.491 e. The molecule has 0 atom stereocenters. The van der Waals surface area contributed by atoms with Crippen molar-refractivity contribution in [3.05, 3.63) is 29.6 Å². The Labute approximate surface area is 110 Å². The highest BCUT2D eigenvalue weighted by Gasteiger charge is 2.05. The summed E-state index contributed by atoms with van der Waals surface area (Å²) >= 11 is 0. The van der Waals surface area contributed by atoms with Crippen LogP contribution in [-0.4, -0.2) is 12.6 Å². The third-order valence-corrected chi connectivity index (χ3v) is 2.66. The van der Waals surface area contributed by atoms with Crippen LogP contribution in [0.1, 0.15) is 39.7 Å². The number of ether oxygens (including phenoxy) is 1. The molecule has 1 rings (SSSR count). The average Bonchev–Trinajstić information content (AvgIpc) is 2.28. The zero-order valence-electron chi connectivity index (χ0n) is 11.8. The van der Waals surface area contributed by atoms with Gasteiger partial charge in [0, 0.05) is 12.6 Å². The Balaban J connectivity index is 2.51. The van der Waals surface area contributed by atoms with Crippen molar-refractivity contribution >= 4 is 0 Å². The molecule has 0 aromatic heterocycles. The van der Waals surface area contributed by atoms with Crippen molar-refractivity contribution in [1.82, 2.24) is 5.32 Å². The topological polar surface area (TPSA) is 21.3 Å². The van der Waals surface area contributed by atoms with E-state index in [2.05, 4.69) is 33.0 Å². The lowest BCUT2D eigenvalue weighted by molar-refractivity contribution is 0.276. The van der Waals surface area contributed by atoms with Gasteiger partial charge >= 0.3 is 0 Å². The summed E-state index contributed by atoms with van der Waals surface area (Å²) in [5.41, 5.74) is 0.942. The summed E-state index contributed by atoms with van der Waals surface area (Å²) in [5.74, 6) is 0.647. The van der Waals surface area contributed by atoms with E-state index in [0.717, 1.165) is 12.0 Å². The van der Waals surface area contributed by atoms with E-state index in [1.165, 1.54) is 0 Å². The predicted octanol–water partition coefficient (Wildman–Crippen LogP) is 3.75. The Hall–Kier alpha value is -1.09. The van der Waals surface area contributed by atoms with Crippen LogP contribution in [0.4, 0.5) is 4.39 Å². The van der Waals surface area contributed by atoms with Crippen molar-refractivity contribution in [3.8, 4) is 5.75 Å². The summed E-state index contributed by atoms with van der Waals surface area (Å²) in [6, 6.07) is 5.56. The first-order valence-corrected chi connectivity index (χ1v) is 6.63. The van der Waals surface area contributed by atoms with Crippen molar-refractivity contribution in [2.45, 2.75) is 46.7 Å². The van der Waals surface area contributed by atoms with Crippen molar-refractivity contribution in [2.75, 3.05) is 6.61 Å². The normalized spacial score (nSPS) is 11.3. The van der Waals surface area contributed by atoms with Gasteiger partial charge < -0.3 is 10.1 Å². The minimum absolute atomic E-state index is 0.276. The lowest BCUT2D eigenvalue weighted by atomic mass is 10.1. The second-order valence-corrected chi connectivity index (χ2v) is 5.33. The number of hydrogen-bond donors (Lipinski definition) is 1. The van der Waals surface area contributed by atoms with Gasteiger partial charge in [-0.15, -0.1) is 0 Å². The van der Waals surface area contributed by atoms with E-state index in [-0.39, 0.29) is 5.82 Å². The van der Waals surface area contributed by atoms with Gasteiger partial charge in [0.25, 0.3) is 0 Å². The van der Waals surface area contributed by atoms with Gasteiger partial charge in [0.1, 0.15) is 0 Å². The molecule has 0 aliphatic heterocycles. The molecule has 0 aliphatic rings. The lowest BCUT2D eigenvalue weighted by Crippen LogP contribution is -2.21. The summed E-state index contributed by atoms with van der Waals surface area (Å²) in [6.45, 7) is 9.64. The molecule has 1 aromatic carbocycles. The smallest absolute Gasteiger partial charge is 0.165 e. The van der Waals surface area contributed by atoms with Gasteiger partial charge in [0.15, 0.2) is 11.6 Å². The summed E-state index contributed by atoms with van der Waals surface area (Å²) in [4.78, 5) is 0. The van der Waals surface area contributed by atoms with Crippen molar-refractivity contribution < 1.29 is 9.13 Å². The SMILES string of the molecule is CC(C)CCOc1ccc(CNC(C)C)cc1F. The van der Waals surface area contributed by atoms with Crippen molar-refractivity contribution in [3.63, 3.8) is 0 Å². The fourth-order valence-electron chi connectivity index (χ4n) is 1.50. The maximum absolute atomic E-state index is 13.7. The summed E-state index contributed by atoms with van der Waals surface area (Å²) in [7, 11) is 0. The van der Waals surface area contributed by atoms with E-state index in [1.54, 1.807) is 12.1 Å². The number of hydrogen-bond acceptors (Lipinski definition) is 2. The molecule has 102 valence electrons. The molecule has 3 heteroatoms. The van der Waals surface area contributed by atoms with E-state index in [9.17, 15) is 4.39 Å². The van der Waals surface area contributed by atoms with Gasteiger partial charge in [-0.2, -0.15) is 0 Å². The van der Waals surface area contributed by atoms with Gasteiger partial charge in [0.05, 0.1) is 6.61 Å². The van der Waals surface area contributed by atoms with Crippen LogP contribution in [-0.2, 0) is 6.54 Å². The summed E-state index contributed by atoms with van der Waals surface area (Å²) in [6.07, 6.45) is 0.941. The molecular formula is C15H24FNO. The predicted molar refractivity (Wildman–Crippen MR) is 73.3 cm³/mol. The lowest BCUT2D eigenvalue weighted by Gasteiger charge is -2.11. The van der Waals surface area contributed by atoms with E-state index in [4.69, 9.17) is 4.74 Å². The van der Waals surface area contributed by atoms with E-state index < -0.39 is 0 Å². The second kappa shape index (κ2) is 7.37. The molecule has 0 saturated heterocycles. The highest BCUT2D eigenvalue weighted by atomic mass is 19.1. The average molecular weight is 253 g/mol. The van der Waals surface area contributed by atoms with Crippen LogP contribution in [0.15, 0.2) is 18.2 Å². The van der Waals surface area contributed by atoms with E-state index in [0.29, 0.717) is 30.9 Å². The highest BCUT2D eigenvalue weighted by Crippen LogP contribution is 2.19. The van der Waals surface area contributed by atoms with Crippen LogP contribution in [0.2, 0.25) is 0 Å². The molecule has 0 saturated carbocycles. The molecule has 0 aliphatic carbocycles. The Bertz CT molecular complexity index is 364. The van der Waals surface area contributed by atoms with Crippen LogP contribution in [0.5, 0.6) is 5.75 Å². The summed E-state index contributed by atoms with van der Waals surface area (Å²) < 4.78 is 19.2. The molecule has 1 aromatic rings. The van der Waals surface area contributed by atoms with Gasteiger partial charge in [-0.1, -0.05) is 33.8 Å². The van der Waals surface area contributed by atoms with Crippen molar-refractivity contribution in [2.24, 2.45) is 5.92 Å². The first-order chi connectivity index (χ1) is 8.49. The fourth-order valence-corrected chi connectivity index (χ4v) is 1.50. The van der Waals surface area contributed by atoms with Gasteiger partial charge in [-0.25, -0.2) is 4.39 Å². The second-order valence-electron chi connectivity index (χ2n) is 5.33. The standard InChI is InChI=1S/C15H24FNO/c1-11(2)7-8-18-15-6-5-13(9-14(15)16)10-17-12(3)4/h5-6,9,11-12,17H,7-8,10H2,1-4H3. The quantitative estimate of drug-likeness (QED) is 0.799. The molecule has 0 radical (unpaired) electrons. The molecule has 1 N–H and O–H groups in total. The monoisotopic (exact) mass is 253 g/mol. The fraction of sp³-hybridized carbons (Fsp3) is 0.600. The summed E-state index contributed by atoms with van der Waals surface area (Å²) in [5, 5.41) is 3.26. The first kappa shape index (κ1) is 15.0. The maximum atomic E-state index is 13.7. The molecule has 0 spiro atoms. The Morgan fingerprint density at radius 3 is 2.50 bits per heavy atom. The molecule has 2 nitrogen and oxygen atoms in total. The number of rotatable bonds is 7. The molecule has 0 unspecified atom stereocenters. The third kappa shape index (κ3) is 5.50.